The van der Waals surface area contributed by atoms with Gasteiger partial charge >= 0.3 is 5.97 Å². The molecule has 5 nitrogen and oxygen atoms in total. The van der Waals surface area contributed by atoms with E-state index in [-0.39, 0.29) is 5.82 Å². The summed E-state index contributed by atoms with van der Waals surface area (Å²) in [7, 11) is 1.30. The Morgan fingerprint density at radius 1 is 1.67 bits per heavy atom. The van der Waals surface area contributed by atoms with E-state index in [0.717, 1.165) is 0 Å². The first kappa shape index (κ1) is 11.2. The van der Waals surface area contributed by atoms with E-state index in [1.165, 1.54) is 7.11 Å². The van der Waals surface area contributed by atoms with Crippen LogP contribution in [-0.4, -0.2) is 29.6 Å². The van der Waals surface area contributed by atoms with E-state index in [4.69, 9.17) is 0 Å². The van der Waals surface area contributed by atoms with Crippen LogP contribution in [0.2, 0.25) is 0 Å². The highest BCUT2D eigenvalue weighted by molar-refractivity contribution is 5.85. The highest BCUT2D eigenvalue weighted by Crippen LogP contribution is 2.06. The van der Waals surface area contributed by atoms with Crippen molar-refractivity contribution in [2.45, 2.75) is 6.92 Å². The van der Waals surface area contributed by atoms with Crippen molar-refractivity contribution in [2.24, 2.45) is 0 Å². The minimum absolute atomic E-state index is 0.0593. The standard InChI is InChI=1S/C10H13N3O2/c1-4-5-11-8-6-7(2)12-9(13-8)10(14)15-3/h4,6H,1,5H2,2-3H3,(H,11,12,13). The third kappa shape index (κ3) is 3.05. The van der Waals surface area contributed by atoms with Gasteiger partial charge in [-0.15, -0.1) is 6.58 Å². The summed E-state index contributed by atoms with van der Waals surface area (Å²) < 4.78 is 4.54. The van der Waals surface area contributed by atoms with Crippen molar-refractivity contribution in [1.29, 1.82) is 0 Å². The molecule has 1 aromatic heterocycles. The van der Waals surface area contributed by atoms with Crippen LogP contribution in [0.15, 0.2) is 18.7 Å². The number of carbonyl (C=O) groups is 1. The molecule has 80 valence electrons. The van der Waals surface area contributed by atoms with Gasteiger partial charge in [0.15, 0.2) is 0 Å². The zero-order valence-electron chi connectivity index (χ0n) is 8.78. The predicted octanol–water partition coefficient (Wildman–Crippen LogP) is 1.17. The van der Waals surface area contributed by atoms with Gasteiger partial charge < -0.3 is 10.1 Å². The summed E-state index contributed by atoms with van der Waals surface area (Å²) in [4.78, 5) is 19.2. The Morgan fingerprint density at radius 3 is 3.00 bits per heavy atom. The monoisotopic (exact) mass is 207 g/mol. The zero-order chi connectivity index (χ0) is 11.3. The fraction of sp³-hybridized carbons (Fsp3) is 0.300. The van der Waals surface area contributed by atoms with Crippen molar-refractivity contribution in [2.75, 3.05) is 19.0 Å². The number of nitrogens with one attached hydrogen (secondary N) is 1. The molecule has 0 bridgehead atoms. The number of methoxy groups -OCH3 is 1. The Balaban J connectivity index is 2.94. The average molecular weight is 207 g/mol. The minimum Gasteiger partial charge on any atom is -0.463 e. The van der Waals surface area contributed by atoms with Crippen LogP contribution in [0, 0.1) is 6.92 Å². The smallest absolute Gasteiger partial charge is 0.376 e. The molecule has 1 N–H and O–H groups in total. The molecule has 15 heavy (non-hydrogen) atoms. The molecule has 1 aromatic rings. The Bertz CT molecular complexity index is 377. The molecule has 1 rings (SSSR count). The summed E-state index contributed by atoms with van der Waals surface area (Å²) in [6.45, 7) is 5.94. The molecule has 0 aliphatic carbocycles. The third-order valence-corrected chi connectivity index (χ3v) is 1.65. The van der Waals surface area contributed by atoms with Gasteiger partial charge in [-0.05, 0) is 6.92 Å². The molecule has 0 aromatic carbocycles. The molecule has 0 fully saturated rings. The lowest BCUT2D eigenvalue weighted by Crippen LogP contribution is -2.11. The third-order valence-electron chi connectivity index (χ3n) is 1.65. The molecular weight excluding hydrogens is 194 g/mol. The van der Waals surface area contributed by atoms with Gasteiger partial charge in [0.1, 0.15) is 5.82 Å². The maximum Gasteiger partial charge on any atom is 0.376 e. The van der Waals surface area contributed by atoms with Crippen LogP contribution in [0.25, 0.3) is 0 Å². The van der Waals surface area contributed by atoms with Gasteiger partial charge in [-0.25, -0.2) is 14.8 Å². The van der Waals surface area contributed by atoms with E-state index >= 15 is 0 Å². The Labute approximate surface area is 88.2 Å². The molecule has 0 unspecified atom stereocenters. The van der Waals surface area contributed by atoms with Gasteiger partial charge in [-0.1, -0.05) is 6.08 Å². The second-order valence-electron chi connectivity index (χ2n) is 2.88. The molecule has 0 atom stereocenters. The number of aryl methyl sites for hydroxylation is 1. The van der Waals surface area contributed by atoms with Crippen LogP contribution in [0.5, 0.6) is 0 Å². The quantitative estimate of drug-likeness (QED) is 0.593. The van der Waals surface area contributed by atoms with Crippen molar-refractivity contribution in [3.05, 3.63) is 30.2 Å². The number of nitrogens with zero attached hydrogens (tertiary/aromatic N) is 2. The number of aromatic nitrogens is 2. The van der Waals surface area contributed by atoms with Crippen LogP contribution in [0.4, 0.5) is 5.82 Å². The molecule has 0 radical (unpaired) electrons. The van der Waals surface area contributed by atoms with Crippen molar-refractivity contribution >= 4 is 11.8 Å². The van der Waals surface area contributed by atoms with E-state index in [1.54, 1.807) is 19.1 Å². The van der Waals surface area contributed by atoms with Crippen molar-refractivity contribution in [3.63, 3.8) is 0 Å². The molecule has 0 amide bonds. The van der Waals surface area contributed by atoms with Gasteiger partial charge in [0.05, 0.1) is 7.11 Å². The number of anilines is 1. The van der Waals surface area contributed by atoms with Crippen molar-refractivity contribution < 1.29 is 9.53 Å². The molecule has 0 saturated carbocycles. The molecule has 1 heterocycles. The van der Waals surface area contributed by atoms with Gasteiger partial charge in [0, 0.05) is 18.3 Å². The van der Waals surface area contributed by atoms with Crippen LogP contribution in [0.3, 0.4) is 0 Å². The van der Waals surface area contributed by atoms with Crippen LogP contribution >= 0.6 is 0 Å². The number of hydrogen-bond acceptors (Lipinski definition) is 5. The maximum absolute atomic E-state index is 11.2. The molecule has 0 saturated heterocycles. The molecule has 0 aliphatic rings. The summed E-state index contributed by atoms with van der Waals surface area (Å²) in [5.41, 5.74) is 0.706. The first-order valence-electron chi connectivity index (χ1n) is 4.46. The Hall–Kier alpha value is -1.91. The van der Waals surface area contributed by atoms with Crippen molar-refractivity contribution in [3.8, 4) is 0 Å². The minimum atomic E-state index is -0.541. The van der Waals surface area contributed by atoms with E-state index in [1.807, 2.05) is 0 Å². The average Bonchev–Trinajstić information content (AvgIpc) is 2.24. The number of ether oxygens (including phenoxy) is 1. The Kier molecular flexibility index (Phi) is 3.79. The van der Waals surface area contributed by atoms with Crippen LogP contribution < -0.4 is 5.32 Å². The SMILES string of the molecule is C=CCNc1cc(C)nc(C(=O)OC)n1. The van der Waals surface area contributed by atoms with Crippen LogP contribution in [0.1, 0.15) is 16.3 Å². The van der Waals surface area contributed by atoms with Crippen molar-refractivity contribution in [1.82, 2.24) is 9.97 Å². The first-order valence-corrected chi connectivity index (χ1v) is 4.46. The fourth-order valence-electron chi connectivity index (χ4n) is 1.02. The normalized spacial score (nSPS) is 9.47. The van der Waals surface area contributed by atoms with Gasteiger partial charge in [0.2, 0.25) is 5.82 Å². The molecule has 0 aliphatic heterocycles. The largest absolute Gasteiger partial charge is 0.463 e. The number of rotatable bonds is 4. The van der Waals surface area contributed by atoms with Gasteiger partial charge in [0.25, 0.3) is 0 Å². The van der Waals surface area contributed by atoms with E-state index in [9.17, 15) is 4.79 Å². The maximum atomic E-state index is 11.2. The van der Waals surface area contributed by atoms with E-state index in [0.29, 0.717) is 18.1 Å². The fourth-order valence-corrected chi connectivity index (χ4v) is 1.02. The summed E-state index contributed by atoms with van der Waals surface area (Å²) >= 11 is 0. The second-order valence-corrected chi connectivity index (χ2v) is 2.88. The lowest BCUT2D eigenvalue weighted by molar-refractivity contribution is 0.0586. The van der Waals surface area contributed by atoms with E-state index in [2.05, 4.69) is 26.6 Å². The Morgan fingerprint density at radius 2 is 2.40 bits per heavy atom. The molecule has 5 heteroatoms. The second kappa shape index (κ2) is 5.09. The van der Waals surface area contributed by atoms with Gasteiger partial charge in [-0.3, -0.25) is 0 Å². The predicted molar refractivity (Wildman–Crippen MR) is 56.8 cm³/mol. The van der Waals surface area contributed by atoms with Crippen LogP contribution in [-0.2, 0) is 4.74 Å². The topological polar surface area (TPSA) is 64.1 Å². The van der Waals surface area contributed by atoms with E-state index < -0.39 is 5.97 Å². The highest BCUT2D eigenvalue weighted by Gasteiger charge is 2.10. The highest BCUT2D eigenvalue weighted by atomic mass is 16.5. The number of esters is 1. The summed E-state index contributed by atoms with van der Waals surface area (Å²) in [6, 6.07) is 1.75. The first-order chi connectivity index (χ1) is 7.17. The summed E-state index contributed by atoms with van der Waals surface area (Å²) in [6.07, 6.45) is 1.70. The number of hydrogen-bond donors (Lipinski definition) is 1. The molecular formula is C10H13N3O2. The lowest BCUT2D eigenvalue weighted by atomic mass is 10.4. The molecule has 0 spiro atoms. The lowest BCUT2D eigenvalue weighted by Gasteiger charge is -2.05. The summed E-state index contributed by atoms with van der Waals surface area (Å²) in [5.74, 6) is 0.104. The number of carbonyl (C=O) groups excluding carboxylic acids is 1. The zero-order valence-corrected chi connectivity index (χ0v) is 8.78. The summed E-state index contributed by atoms with van der Waals surface area (Å²) in [5, 5.41) is 2.98. The van der Waals surface area contributed by atoms with Gasteiger partial charge in [-0.2, -0.15) is 0 Å².